The van der Waals surface area contributed by atoms with Crippen LogP contribution in [-0.4, -0.2) is 11.0 Å². The first-order chi connectivity index (χ1) is 9.19. The number of halogens is 2. The number of aromatic nitrogens is 1. The fourth-order valence-corrected chi connectivity index (χ4v) is 2.84. The third-order valence-electron chi connectivity index (χ3n) is 3.02. The highest BCUT2D eigenvalue weighted by Gasteiger charge is 2.20. The van der Waals surface area contributed by atoms with Gasteiger partial charge >= 0.3 is 0 Å². The van der Waals surface area contributed by atoms with Crippen LogP contribution < -0.4 is 5.32 Å². The molecule has 100 valence electrons. The predicted octanol–water partition coefficient (Wildman–Crippen LogP) is 3.26. The maximum absolute atomic E-state index is 13.1. The predicted molar refractivity (Wildman–Crippen MR) is 71.1 cm³/mol. The monoisotopic (exact) mass is 280 g/mol. The zero-order chi connectivity index (χ0) is 13.2. The van der Waals surface area contributed by atoms with Gasteiger partial charge in [-0.1, -0.05) is 0 Å². The molecule has 1 fully saturated rings. The molecule has 0 saturated heterocycles. The molecule has 2 nitrogen and oxygen atoms in total. The van der Waals surface area contributed by atoms with E-state index in [1.165, 1.54) is 29.9 Å². The lowest BCUT2D eigenvalue weighted by atomic mass is 10.1. The van der Waals surface area contributed by atoms with Gasteiger partial charge in [0.25, 0.3) is 0 Å². The minimum atomic E-state index is -0.540. The Hall–Kier alpha value is -1.33. The van der Waals surface area contributed by atoms with Crippen LogP contribution in [0.25, 0.3) is 0 Å². The minimum absolute atomic E-state index is 0.475. The summed E-state index contributed by atoms with van der Waals surface area (Å²) in [5, 5.41) is 4.31. The fraction of sp³-hybridized carbons (Fsp3) is 0.357. The Bertz CT molecular complexity index is 558. The Morgan fingerprint density at radius 2 is 1.95 bits per heavy atom. The van der Waals surface area contributed by atoms with Crippen LogP contribution in [0.4, 0.5) is 8.78 Å². The van der Waals surface area contributed by atoms with Crippen LogP contribution in [0.3, 0.4) is 0 Å². The molecule has 1 aromatic carbocycles. The van der Waals surface area contributed by atoms with E-state index in [1.54, 1.807) is 11.3 Å². The molecule has 0 aliphatic heterocycles. The zero-order valence-electron chi connectivity index (χ0n) is 10.3. The molecule has 0 atom stereocenters. The van der Waals surface area contributed by atoms with Crippen molar-refractivity contribution in [1.82, 2.24) is 10.3 Å². The molecule has 0 spiro atoms. The van der Waals surface area contributed by atoms with E-state index < -0.39 is 11.6 Å². The largest absolute Gasteiger partial charge is 0.309 e. The summed E-state index contributed by atoms with van der Waals surface area (Å²) in [4.78, 5) is 5.47. The van der Waals surface area contributed by atoms with E-state index in [2.05, 4.69) is 10.3 Å². The topological polar surface area (TPSA) is 24.9 Å². The quantitative estimate of drug-likeness (QED) is 0.909. The summed E-state index contributed by atoms with van der Waals surface area (Å²) in [5.41, 5.74) is 0.619. The highest BCUT2D eigenvalue weighted by molar-refractivity contribution is 7.11. The molecular weight excluding hydrogens is 266 g/mol. The number of nitrogens with zero attached hydrogens (tertiary/aromatic N) is 1. The van der Waals surface area contributed by atoms with Crippen molar-refractivity contribution < 1.29 is 8.78 Å². The molecule has 1 aromatic heterocycles. The van der Waals surface area contributed by atoms with Gasteiger partial charge in [0.2, 0.25) is 0 Å². The fourth-order valence-electron chi connectivity index (χ4n) is 1.93. The van der Waals surface area contributed by atoms with Gasteiger partial charge in [-0.15, -0.1) is 11.3 Å². The van der Waals surface area contributed by atoms with Crippen molar-refractivity contribution in [2.75, 3.05) is 0 Å². The van der Waals surface area contributed by atoms with Gasteiger partial charge in [0, 0.05) is 36.1 Å². The molecule has 0 radical (unpaired) electrons. The average Bonchev–Trinajstić information content (AvgIpc) is 3.06. The SMILES string of the molecule is Fc1cc(F)cc(Cc2ncc(CNC3CC3)s2)c1. The van der Waals surface area contributed by atoms with Gasteiger partial charge in [-0.2, -0.15) is 0 Å². The summed E-state index contributed by atoms with van der Waals surface area (Å²) in [7, 11) is 0. The molecule has 3 rings (SSSR count). The van der Waals surface area contributed by atoms with Gasteiger partial charge in [-0.3, -0.25) is 0 Å². The molecule has 1 saturated carbocycles. The van der Waals surface area contributed by atoms with Crippen molar-refractivity contribution in [3.63, 3.8) is 0 Å². The van der Waals surface area contributed by atoms with Gasteiger partial charge < -0.3 is 5.32 Å². The molecule has 0 unspecified atom stereocenters. The second-order valence-electron chi connectivity index (χ2n) is 4.83. The van der Waals surface area contributed by atoms with Gasteiger partial charge in [-0.05, 0) is 30.5 Å². The molecule has 1 aliphatic carbocycles. The van der Waals surface area contributed by atoms with Crippen molar-refractivity contribution >= 4 is 11.3 Å². The number of rotatable bonds is 5. The Kier molecular flexibility index (Phi) is 3.57. The molecule has 1 N–H and O–H groups in total. The van der Waals surface area contributed by atoms with Gasteiger partial charge in [0.15, 0.2) is 0 Å². The summed E-state index contributed by atoms with van der Waals surface area (Å²) in [6, 6.07) is 4.26. The van der Waals surface area contributed by atoms with Crippen LogP contribution in [0.5, 0.6) is 0 Å². The lowest BCUT2D eigenvalue weighted by Gasteiger charge is -1.99. The van der Waals surface area contributed by atoms with Crippen LogP contribution in [-0.2, 0) is 13.0 Å². The molecule has 1 heterocycles. The molecule has 1 aliphatic rings. The van der Waals surface area contributed by atoms with E-state index in [0.717, 1.165) is 17.6 Å². The first kappa shape index (κ1) is 12.7. The first-order valence-electron chi connectivity index (χ1n) is 6.31. The second-order valence-corrected chi connectivity index (χ2v) is 6.03. The van der Waals surface area contributed by atoms with Gasteiger partial charge in [-0.25, -0.2) is 13.8 Å². The standard InChI is InChI=1S/C14H14F2N2S/c15-10-3-9(4-11(16)6-10)5-14-18-8-13(19-14)7-17-12-1-2-12/h3-4,6,8,12,17H,1-2,5,7H2. The Labute approximate surface area is 114 Å². The van der Waals surface area contributed by atoms with E-state index >= 15 is 0 Å². The van der Waals surface area contributed by atoms with Crippen molar-refractivity contribution in [3.8, 4) is 0 Å². The number of nitrogens with one attached hydrogen (secondary N) is 1. The first-order valence-corrected chi connectivity index (χ1v) is 7.12. The lowest BCUT2D eigenvalue weighted by Crippen LogP contribution is -2.14. The van der Waals surface area contributed by atoms with Crippen molar-refractivity contribution in [2.45, 2.75) is 31.8 Å². The van der Waals surface area contributed by atoms with Crippen molar-refractivity contribution in [3.05, 3.63) is 51.5 Å². The van der Waals surface area contributed by atoms with E-state index in [-0.39, 0.29) is 0 Å². The van der Waals surface area contributed by atoms with Crippen LogP contribution in [0.2, 0.25) is 0 Å². The van der Waals surface area contributed by atoms with Crippen LogP contribution in [0.1, 0.15) is 28.3 Å². The number of thiazole rings is 1. The molecule has 5 heteroatoms. The molecule has 2 aromatic rings. The van der Waals surface area contributed by atoms with Gasteiger partial charge in [0.1, 0.15) is 11.6 Å². The van der Waals surface area contributed by atoms with Gasteiger partial charge in [0.05, 0.1) is 5.01 Å². The van der Waals surface area contributed by atoms with Crippen LogP contribution >= 0.6 is 11.3 Å². The van der Waals surface area contributed by atoms with Crippen molar-refractivity contribution in [1.29, 1.82) is 0 Å². The summed E-state index contributed by atoms with van der Waals surface area (Å²) >= 11 is 1.59. The summed E-state index contributed by atoms with van der Waals surface area (Å²) in [6.07, 6.45) is 4.83. The highest BCUT2D eigenvalue weighted by Crippen LogP contribution is 2.22. The second kappa shape index (κ2) is 5.35. The number of hydrogen-bond acceptors (Lipinski definition) is 3. The Morgan fingerprint density at radius 3 is 2.63 bits per heavy atom. The lowest BCUT2D eigenvalue weighted by molar-refractivity contribution is 0.580. The van der Waals surface area contributed by atoms with Crippen molar-refractivity contribution in [2.24, 2.45) is 0 Å². The maximum atomic E-state index is 13.1. The Morgan fingerprint density at radius 1 is 1.21 bits per heavy atom. The summed E-state index contributed by atoms with van der Waals surface area (Å²) in [5.74, 6) is -1.08. The third-order valence-corrected chi connectivity index (χ3v) is 4.02. The van der Waals surface area contributed by atoms with Crippen LogP contribution in [0, 0.1) is 11.6 Å². The Balaban J connectivity index is 1.65. The van der Waals surface area contributed by atoms with E-state index in [1.807, 2.05) is 6.20 Å². The molecule has 0 amide bonds. The third kappa shape index (κ3) is 3.58. The molecular formula is C14H14F2N2S. The van der Waals surface area contributed by atoms with Crippen LogP contribution in [0.15, 0.2) is 24.4 Å². The average molecular weight is 280 g/mol. The summed E-state index contributed by atoms with van der Waals surface area (Å²) < 4.78 is 26.2. The smallest absolute Gasteiger partial charge is 0.126 e. The molecule has 19 heavy (non-hydrogen) atoms. The van der Waals surface area contributed by atoms with E-state index in [9.17, 15) is 8.78 Å². The highest BCUT2D eigenvalue weighted by atomic mass is 32.1. The van der Waals surface area contributed by atoms with E-state index in [4.69, 9.17) is 0 Å². The van der Waals surface area contributed by atoms with E-state index in [0.29, 0.717) is 18.0 Å². The minimum Gasteiger partial charge on any atom is -0.309 e. The zero-order valence-corrected chi connectivity index (χ0v) is 11.1. The maximum Gasteiger partial charge on any atom is 0.126 e. The molecule has 0 bridgehead atoms. The summed E-state index contributed by atoms with van der Waals surface area (Å²) in [6.45, 7) is 0.833. The number of benzene rings is 1. The normalized spacial score (nSPS) is 14.8. The number of hydrogen-bond donors (Lipinski definition) is 1.